The first-order chi connectivity index (χ1) is 12.8. The summed E-state index contributed by atoms with van der Waals surface area (Å²) in [6, 6.07) is 4.10. The number of sulfonamides is 1. The van der Waals surface area contributed by atoms with Gasteiger partial charge < -0.3 is 10.1 Å². The summed E-state index contributed by atoms with van der Waals surface area (Å²) in [7, 11) is -3.75. The quantitative estimate of drug-likeness (QED) is 0.585. The third-order valence-corrected chi connectivity index (χ3v) is 7.01. The maximum Gasteiger partial charge on any atom is 0.293 e. The van der Waals surface area contributed by atoms with Crippen LogP contribution in [0.3, 0.4) is 0 Å². The van der Waals surface area contributed by atoms with Crippen LogP contribution in [-0.2, 0) is 14.8 Å². The molecule has 0 radical (unpaired) electrons. The lowest BCUT2D eigenvalue weighted by molar-refractivity contribution is -0.384. The fraction of sp³-hybridized carbons (Fsp3) is 0.667. The molecule has 2 aliphatic heterocycles. The molecule has 1 aromatic rings. The average molecular weight is 397 g/mol. The number of nitro groups is 1. The van der Waals surface area contributed by atoms with Gasteiger partial charge in [0.1, 0.15) is 5.69 Å². The van der Waals surface area contributed by atoms with Gasteiger partial charge in [0.05, 0.1) is 15.9 Å². The zero-order valence-electron chi connectivity index (χ0n) is 15.8. The lowest BCUT2D eigenvalue weighted by Gasteiger charge is -2.34. The SMILES string of the molecule is C[C@@H]1C[C@@H](C)CN(S(=O)(=O)c2ccc(NC[C@@H]3CCCO3)c([N+](=O)[O-])c2)C1. The molecule has 0 bridgehead atoms. The van der Waals surface area contributed by atoms with Crippen molar-refractivity contribution < 1.29 is 18.1 Å². The topological polar surface area (TPSA) is 102 Å². The third kappa shape index (κ3) is 4.59. The second-order valence-corrected chi connectivity index (χ2v) is 9.66. The van der Waals surface area contributed by atoms with Gasteiger partial charge in [-0.25, -0.2) is 8.42 Å². The summed E-state index contributed by atoms with van der Waals surface area (Å²) in [5, 5.41) is 14.5. The summed E-state index contributed by atoms with van der Waals surface area (Å²) in [5.41, 5.74) is 0.0852. The average Bonchev–Trinajstić information content (AvgIpc) is 3.12. The highest BCUT2D eigenvalue weighted by Crippen LogP contribution is 2.32. The number of anilines is 1. The van der Waals surface area contributed by atoms with E-state index in [0.717, 1.165) is 25.3 Å². The lowest BCUT2D eigenvalue weighted by Crippen LogP contribution is -2.42. The van der Waals surface area contributed by atoms with Crippen LogP contribution in [0.1, 0.15) is 33.1 Å². The van der Waals surface area contributed by atoms with E-state index in [1.165, 1.54) is 16.4 Å². The van der Waals surface area contributed by atoms with Crippen LogP contribution in [0.25, 0.3) is 0 Å². The van der Waals surface area contributed by atoms with Crippen LogP contribution in [0.15, 0.2) is 23.1 Å². The van der Waals surface area contributed by atoms with Crippen LogP contribution < -0.4 is 5.32 Å². The number of rotatable bonds is 6. The van der Waals surface area contributed by atoms with Crippen LogP contribution in [0.4, 0.5) is 11.4 Å². The molecule has 1 aromatic carbocycles. The van der Waals surface area contributed by atoms with Crippen molar-refractivity contribution in [3.63, 3.8) is 0 Å². The molecule has 27 heavy (non-hydrogen) atoms. The van der Waals surface area contributed by atoms with E-state index in [-0.39, 0.29) is 28.5 Å². The van der Waals surface area contributed by atoms with E-state index in [0.29, 0.717) is 31.9 Å². The number of ether oxygens (including phenoxy) is 1. The monoisotopic (exact) mass is 397 g/mol. The van der Waals surface area contributed by atoms with Crippen molar-refractivity contribution in [3.05, 3.63) is 28.3 Å². The Bertz CT molecular complexity index is 782. The number of hydrogen-bond donors (Lipinski definition) is 1. The summed E-state index contributed by atoms with van der Waals surface area (Å²) in [4.78, 5) is 10.9. The summed E-state index contributed by atoms with van der Waals surface area (Å²) in [6.45, 7) is 6.11. The molecule has 8 nitrogen and oxygen atoms in total. The standard InChI is InChI=1S/C18H27N3O5S/c1-13-8-14(2)12-20(11-13)27(24,25)16-5-6-17(18(9-16)21(22)23)19-10-15-4-3-7-26-15/h5-6,9,13-15,19H,3-4,7-8,10-12H2,1-2H3/t13-,14-,15+/m1/s1. The molecule has 0 aromatic heterocycles. The van der Waals surface area contributed by atoms with E-state index in [9.17, 15) is 18.5 Å². The fourth-order valence-electron chi connectivity index (χ4n) is 3.95. The molecule has 0 amide bonds. The Morgan fingerprint density at radius 2 is 2.00 bits per heavy atom. The van der Waals surface area contributed by atoms with Crippen molar-refractivity contribution >= 4 is 21.4 Å². The Balaban J connectivity index is 1.83. The third-order valence-electron chi connectivity index (χ3n) is 5.18. The highest BCUT2D eigenvalue weighted by molar-refractivity contribution is 7.89. The molecule has 0 saturated carbocycles. The second kappa shape index (κ2) is 8.12. The smallest absolute Gasteiger partial charge is 0.293 e. The van der Waals surface area contributed by atoms with Gasteiger partial charge in [-0.1, -0.05) is 13.8 Å². The van der Waals surface area contributed by atoms with Crippen LogP contribution in [-0.4, -0.2) is 50.0 Å². The Morgan fingerprint density at radius 3 is 2.59 bits per heavy atom. The highest BCUT2D eigenvalue weighted by Gasteiger charge is 2.33. The van der Waals surface area contributed by atoms with Crippen molar-refractivity contribution in [1.29, 1.82) is 0 Å². The predicted octanol–water partition coefficient (Wildman–Crippen LogP) is 2.85. The molecule has 3 rings (SSSR count). The van der Waals surface area contributed by atoms with Gasteiger partial charge in [-0.3, -0.25) is 10.1 Å². The number of piperidine rings is 1. The number of hydrogen-bond acceptors (Lipinski definition) is 6. The molecule has 1 N–H and O–H groups in total. The van der Waals surface area contributed by atoms with Crippen LogP contribution in [0.5, 0.6) is 0 Å². The molecular weight excluding hydrogens is 370 g/mol. The molecule has 0 spiro atoms. The van der Waals surface area contributed by atoms with Gasteiger partial charge in [0.25, 0.3) is 5.69 Å². The van der Waals surface area contributed by atoms with Gasteiger partial charge >= 0.3 is 0 Å². The Morgan fingerprint density at radius 1 is 1.30 bits per heavy atom. The highest BCUT2D eigenvalue weighted by atomic mass is 32.2. The molecule has 0 aliphatic carbocycles. The van der Waals surface area contributed by atoms with Crippen LogP contribution >= 0.6 is 0 Å². The van der Waals surface area contributed by atoms with Crippen molar-refractivity contribution in [2.24, 2.45) is 11.8 Å². The van der Waals surface area contributed by atoms with Crippen LogP contribution in [0, 0.1) is 22.0 Å². The molecule has 2 fully saturated rings. The van der Waals surface area contributed by atoms with E-state index in [1.807, 2.05) is 13.8 Å². The minimum absolute atomic E-state index is 0.0295. The molecular formula is C18H27N3O5S. The normalized spacial score (nSPS) is 26.8. The number of nitro benzene ring substituents is 1. The van der Waals surface area contributed by atoms with E-state index < -0.39 is 14.9 Å². The van der Waals surface area contributed by atoms with Gasteiger partial charge in [-0.2, -0.15) is 4.31 Å². The molecule has 2 aliphatic rings. The van der Waals surface area contributed by atoms with Gasteiger partial charge in [-0.05, 0) is 43.2 Å². The molecule has 2 heterocycles. The van der Waals surface area contributed by atoms with Gasteiger partial charge in [0.2, 0.25) is 10.0 Å². The molecule has 9 heteroatoms. The maximum atomic E-state index is 13.0. The van der Waals surface area contributed by atoms with Gasteiger partial charge in [0.15, 0.2) is 0 Å². The van der Waals surface area contributed by atoms with E-state index in [4.69, 9.17) is 4.74 Å². The molecule has 0 unspecified atom stereocenters. The zero-order valence-corrected chi connectivity index (χ0v) is 16.6. The fourth-order valence-corrected chi connectivity index (χ4v) is 5.65. The largest absolute Gasteiger partial charge is 0.377 e. The number of benzene rings is 1. The Hall–Kier alpha value is -1.71. The van der Waals surface area contributed by atoms with Gasteiger partial charge in [0, 0.05) is 32.3 Å². The minimum Gasteiger partial charge on any atom is -0.377 e. The van der Waals surface area contributed by atoms with E-state index >= 15 is 0 Å². The first kappa shape index (κ1) is 20.0. The molecule has 2 saturated heterocycles. The second-order valence-electron chi connectivity index (χ2n) is 7.72. The molecule has 3 atom stereocenters. The first-order valence-corrected chi connectivity index (χ1v) is 10.9. The summed E-state index contributed by atoms with van der Waals surface area (Å²) in [5.74, 6) is 0.539. The number of nitrogens with one attached hydrogen (secondary N) is 1. The summed E-state index contributed by atoms with van der Waals surface area (Å²) >= 11 is 0. The van der Waals surface area contributed by atoms with Crippen LogP contribution in [0.2, 0.25) is 0 Å². The van der Waals surface area contributed by atoms with Crippen molar-refractivity contribution in [3.8, 4) is 0 Å². The van der Waals surface area contributed by atoms with E-state index in [2.05, 4.69) is 5.32 Å². The zero-order chi connectivity index (χ0) is 19.6. The van der Waals surface area contributed by atoms with E-state index in [1.54, 1.807) is 0 Å². The van der Waals surface area contributed by atoms with Gasteiger partial charge in [-0.15, -0.1) is 0 Å². The minimum atomic E-state index is -3.75. The Kier molecular flexibility index (Phi) is 6.02. The van der Waals surface area contributed by atoms with Crippen molar-refractivity contribution in [2.75, 3.05) is 31.6 Å². The number of nitrogens with zero attached hydrogens (tertiary/aromatic N) is 2. The lowest BCUT2D eigenvalue weighted by atomic mass is 9.94. The Labute approximate surface area is 160 Å². The molecule has 150 valence electrons. The first-order valence-electron chi connectivity index (χ1n) is 9.41. The summed E-state index contributed by atoms with van der Waals surface area (Å²) < 4.78 is 33.0. The predicted molar refractivity (Wildman–Crippen MR) is 102 cm³/mol. The van der Waals surface area contributed by atoms with Crippen molar-refractivity contribution in [2.45, 2.75) is 44.1 Å². The van der Waals surface area contributed by atoms with Crippen molar-refractivity contribution in [1.82, 2.24) is 4.31 Å². The summed E-state index contributed by atoms with van der Waals surface area (Å²) in [6.07, 6.45) is 2.92. The maximum absolute atomic E-state index is 13.0.